The van der Waals surface area contributed by atoms with Gasteiger partial charge in [-0.05, 0) is 20.3 Å². The normalized spacial score (nSPS) is 14.2. The molecule has 0 aliphatic carbocycles. The molecular weight excluding hydrogens is 220 g/mol. The highest BCUT2D eigenvalue weighted by Gasteiger charge is 2.05. The van der Waals surface area contributed by atoms with Gasteiger partial charge < -0.3 is 4.98 Å². The molecule has 0 bridgehead atoms. The number of allylic oxidation sites excluding steroid dienone is 1. The Morgan fingerprint density at radius 3 is 2.76 bits per heavy atom. The van der Waals surface area contributed by atoms with E-state index in [0.29, 0.717) is 11.3 Å². The van der Waals surface area contributed by atoms with Gasteiger partial charge in [-0.1, -0.05) is 13.0 Å². The monoisotopic (exact) mass is 236 g/mol. The fourth-order valence-corrected chi connectivity index (χ4v) is 1.11. The van der Waals surface area contributed by atoms with Crippen molar-refractivity contribution in [3.05, 3.63) is 38.7 Å². The fourth-order valence-electron chi connectivity index (χ4n) is 1.11. The molecule has 1 aromatic heterocycles. The Balaban J connectivity index is 3.08. The molecule has 0 amide bonds. The van der Waals surface area contributed by atoms with Gasteiger partial charge in [-0.3, -0.25) is 9.78 Å². The maximum Gasteiger partial charge on any atom is 0.325 e. The standard InChI is InChI=1S/C11H16N4O2/c1-4-7(3)14-15-9(5-2)8-6-12-11(17)13-10(8)16/h5-7H,4H2,1-3H3,(H2,12,13,16,17)/b9-5-,15-14?. The van der Waals surface area contributed by atoms with Crippen LogP contribution in [0, 0.1) is 0 Å². The fraction of sp³-hybridized carbons (Fsp3) is 0.455. The molecule has 0 spiro atoms. The van der Waals surface area contributed by atoms with Crippen molar-refractivity contribution in [1.29, 1.82) is 0 Å². The van der Waals surface area contributed by atoms with Gasteiger partial charge in [0, 0.05) is 6.20 Å². The van der Waals surface area contributed by atoms with Gasteiger partial charge in [0.05, 0.1) is 17.3 Å². The second kappa shape index (κ2) is 5.93. The average Bonchev–Trinajstić information content (AvgIpc) is 2.31. The molecule has 1 heterocycles. The number of aromatic amines is 2. The molecule has 2 N–H and O–H groups in total. The summed E-state index contributed by atoms with van der Waals surface area (Å²) >= 11 is 0. The number of hydrogen-bond donors (Lipinski definition) is 2. The van der Waals surface area contributed by atoms with E-state index in [1.165, 1.54) is 6.20 Å². The minimum absolute atomic E-state index is 0.104. The Kier molecular flexibility index (Phi) is 4.56. The molecule has 0 fully saturated rings. The first kappa shape index (κ1) is 13.1. The van der Waals surface area contributed by atoms with Gasteiger partial charge in [0.2, 0.25) is 0 Å². The van der Waals surface area contributed by atoms with E-state index >= 15 is 0 Å². The number of aromatic nitrogens is 2. The molecule has 1 unspecified atom stereocenters. The van der Waals surface area contributed by atoms with Crippen LogP contribution in [-0.4, -0.2) is 16.0 Å². The van der Waals surface area contributed by atoms with Crippen LogP contribution in [0.5, 0.6) is 0 Å². The van der Waals surface area contributed by atoms with E-state index in [4.69, 9.17) is 0 Å². The van der Waals surface area contributed by atoms with Crippen LogP contribution in [0.3, 0.4) is 0 Å². The Morgan fingerprint density at radius 2 is 2.24 bits per heavy atom. The Bertz CT molecular complexity index is 539. The van der Waals surface area contributed by atoms with E-state index in [9.17, 15) is 9.59 Å². The Morgan fingerprint density at radius 1 is 1.53 bits per heavy atom. The van der Waals surface area contributed by atoms with Crippen molar-refractivity contribution in [2.45, 2.75) is 33.2 Å². The van der Waals surface area contributed by atoms with Gasteiger partial charge in [-0.25, -0.2) is 4.79 Å². The maximum absolute atomic E-state index is 11.5. The molecule has 0 radical (unpaired) electrons. The highest BCUT2D eigenvalue weighted by atomic mass is 16.2. The Labute approximate surface area is 98.5 Å². The van der Waals surface area contributed by atoms with Gasteiger partial charge in [0.15, 0.2) is 0 Å². The third-order valence-corrected chi connectivity index (χ3v) is 2.32. The van der Waals surface area contributed by atoms with Gasteiger partial charge in [-0.15, -0.1) is 0 Å². The predicted molar refractivity (Wildman–Crippen MR) is 65.9 cm³/mol. The summed E-state index contributed by atoms with van der Waals surface area (Å²) < 4.78 is 0. The summed E-state index contributed by atoms with van der Waals surface area (Å²) in [5, 5.41) is 8.08. The van der Waals surface area contributed by atoms with E-state index in [-0.39, 0.29) is 6.04 Å². The van der Waals surface area contributed by atoms with Gasteiger partial charge >= 0.3 is 5.69 Å². The molecular formula is C11H16N4O2. The van der Waals surface area contributed by atoms with E-state index < -0.39 is 11.2 Å². The molecule has 6 nitrogen and oxygen atoms in total. The molecule has 0 aromatic carbocycles. The van der Waals surface area contributed by atoms with Crippen molar-refractivity contribution in [3.63, 3.8) is 0 Å². The second-order valence-electron chi connectivity index (χ2n) is 3.63. The lowest BCUT2D eigenvalue weighted by atomic mass is 10.2. The van der Waals surface area contributed by atoms with Crippen LogP contribution in [0.4, 0.5) is 0 Å². The topological polar surface area (TPSA) is 90.4 Å². The van der Waals surface area contributed by atoms with Crippen molar-refractivity contribution in [2.24, 2.45) is 10.2 Å². The van der Waals surface area contributed by atoms with Crippen LogP contribution in [0.15, 0.2) is 32.1 Å². The molecule has 0 aliphatic heterocycles. The van der Waals surface area contributed by atoms with Crippen molar-refractivity contribution in [3.8, 4) is 0 Å². The van der Waals surface area contributed by atoms with E-state index in [0.717, 1.165) is 6.42 Å². The molecule has 6 heteroatoms. The maximum atomic E-state index is 11.5. The van der Waals surface area contributed by atoms with Crippen molar-refractivity contribution in [2.75, 3.05) is 0 Å². The summed E-state index contributed by atoms with van der Waals surface area (Å²) in [6.07, 6.45) is 3.89. The number of nitrogens with one attached hydrogen (secondary N) is 2. The summed E-state index contributed by atoms with van der Waals surface area (Å²) in [4.78, 5) is 27.0. The van der Waals surface area contributed by atoms with E-state index in [2.05, 4.69) is 20.2 Å². The van der Waals surface area contributed by atoms with E-state index in [1.807, 2.05) is 13.8 Å². The number of rotatable bonds is 4. The zero-order valence-corrected chi connectivity index (χ0v) is 10.2. The quantitative estimate of drug-likeness (QED) is 0.778. The number of H-pyrrole nitrogens is 2. The smallest absolute Gasteiger partial charge is 0.313 e. The largest absolute Gasteiger partial charge is 0.325 e. The number of nitrogens with zero attached hydrogens (tertiary/aromatic N) is 2. The molecule has 1 aromatic rings. The first-order valence-corrected chi connectivity index (χ1v) is 5.48. The van der Waals surface area contributed by atoms with Crippen LogP contribution < -0.4 is 11.2 Å². The SMILES string of the molecule is C/C=C(\N=NC(C)CC)c1c[nH]c(=O)[nH]c1=O. The minimum atomic E-state index is -0.534. The van der Waals surface area contributed by atoms with E-state index in [1.54, 1.807) is 13.0 Å². The van der Waals surface area contributed by atoms with Crippen LogP contribution >= 0.6 is 0 Å². The molecule has 1 atom stereocenters. The second-order valence-corrected chi connectivity index (χ2v) is 3.63. The predicted octanol–water partition coefficient (Wildman–Crippen LogP) is 1.67. The molecule has 0 saturated carbocycles. The highest BCUT2D eigenvalue weighted by Crippen LogP contribution is 2.11. The van der Waals surface area contributed by atoms with Crippen molar-refractivity contribution >= 4 is 5.70 Å². The van der Waals surface area contributed by atoms with Crippen molar-refractivity contribution < 1.29 is 0 Å². The third-order valence-electron chi connectivity index (χ3n) is 2.32. The van der Waals surface area contributed by atoms with Crippen LogP contribution in [0.1, 0.15) is 32.8 Å². The average molecular weight is 236 g/mol. The summed E-state index contributed by atoms with van der Waals surface area (Å²) in [6, 6.07) is 0.104. The number of azo groups is 1. The van der Waals surface area contributed by atoms with Crippen LogP contribution in [0.2, 0.25) is 0 Å². The lowest BCUT2D eigenvalue weighted by Gasteiger charge is -2.01. The zero-order valence-electron chi connectivity index (χ0n) is 10.2. The van der Waals surface area contributed by atoms with Crippen molar-refractivity contribution in [1.82, 2.24) is 9.97 Å². The molecule has 0 aliphatic rings. The Hall–Kier alpha value is -1.98. The van der Waals surface area contributed by atoms with Gasteiger partial charge in [-0.2, -0.15) is 10.2 Å². The van der Waals surface area contributed by atoms with Crippen LogP contribution in [-0.2, 0) is 0 Å². The summed E-state index contributed by atoms with van der Waals surface area (Å²) in [5.74, 6) is 0. The van der Waals surface area contributed by atoms with Crippen LogP contribution in [0.25, 0.3) is 5.70 Å². The number of hydrogen-bond acceptors (Lipinski definition) is 4. The summed E-state index contributed by atoms with van der Waals surface area (Å²) in [5.41, 5.74) is -0.250. The molecule has 1 rings (SSSR count). The summed E-state index contributed by atoms with van der Waals surface area (Å²) in [6.45, 7) is 5.70. The third kappa shape index (κ3) is 3.51. The van der Waals surface area contributed by atoms with Gasteiger partial charge in [0.1, 0.15) is 0 Å². The summed E-state index contributed by atoms with van der Waals surface area (Å²) in [7, 11) is 0. The lowest BCUT2D eigenvalue weighted by Crippen LogP contribution is -2.23. The molecule has 92 valence electrons. The van der Waals surface area contributed by atoms with Gasteiger partial charge in [0.25, 0.3) is 5.56 Å². The minimum Gasteiger partial charge on any atom is -0.313 e. The molecule has 0 saturated heterocycles. The zero-order chi connectivity index (χ0) is 12.8. The lowest BCUT2D eigenvalue weighted by molar-refractivity contribution is 0.681. The molecule has 17 heavy (non-hydrogen) atoms. The highest BCUT2D eigenvalue weighted by molar-refractivity contribution is 5.61. The first-order valence-electron chi connectivity index (χ1n) is 5.48. The first-order chi connectivity index (χ1) is 8.08.